The normalized spacial score (nSPS) is 11.9. The van der Waals surface area contributed by atoms with Crippen molar-refractivity contribution in [3.8, 4) is 44.5 Å². The standard InChI is InChI=1S/C71H47NOS/c1-3-17-62-65(4-2)73-70-64(43-53-21-8-11-32-60(53)68(62)70)52-27-13-23-47(38-52)50-25-15-29-56(41-50)72(58-36-34-45-18-5-6-20-49(45)40-58)57-30-16-26-51(42-57)48-24-14-28-55(39-48)67-59-31-10-9-22-54(59)44-66-69(67)63-37-35-46-19-7-12-33-61(46)71(63)74-66/h3-44H,2H2,1H3/b17-3-. The van der Waals surface area contributed by atoms with E-state index in [4.69, 9.17) is 4.42 Å². The first-order valence-electron chi connectivity index (χ1n) is 25.3. The van der Waals surface area contributed by atoms with E-state index in [1.165, 1.54) is 69.0 Å². The van der Waals surface area contributed by atoms with E-state index < -0.39 is 0 Å². The Kier molecular flexibility index (Phi) is 10.5. The highest BCUT2D eigenvalue weighted by molar-refractivity contribution is 7.26. The van der Waals surface area contributed by atoms with Gasteiger partial charge in [-0.25, -0.2) is 0 Å². The molecular weight excluding hydrogens is 915 g/mol. The number of allylic oxidation sites excluding steroid dienone is 1. The fourth-order valence-corrected chi connectivity index (χ4v) is 12.7. The lowest BCUT2D eigenvalue weighted by atomic mass is 9.91. The Morgan fingerprint density at radius 3 is 1.69 bits per heavy atom. The molecule has 2 nitrogen and oxygen atoms in total. The predicted molar refractivity (Wildman–Crippen MR) is 320 cm³/mol. The lowest BCUT2D eigenvalue weighted by molar-refractivity contribution is 0.604. The Morgan fingerprint density at radius 1 is 0.419 bits per heavy atom. The first-order chi connectivity index (χ1) is 36.6. The van der Waals surface area contributed by atoms with Crippen LogP contribution >= 0.6 is 11.3 Å². The molecule has 0 aliphatic heterocycles. The summed E-state index contributed by atoms with van der Waals surface area (Å²) in [6, 6.07) is 86.9. The number of rotatable bonds is 9. The van der Waals surface area contributed by atoms with Crippen LogP contribution in [0, 0.1) is 0 Å². The van der Waals surface area contributed by atoms with Crippen molar-refractivity contribution in [3.63, 3.8) is 0 Å². The second kappa shape index (κ2) is 17.8. The highest BCUT2D eigenvalue weighted by Gasteiger charge is 2.21. The van der Waals surface area contributed by atoms with Crippen molar-refractivity contribution in [2.75, 3.05) is 4.90 Å². The van der Waals surface area contributed by atoms with Crippen molar-refractivity contribution in [2.24, 2.45) is 0 Å². The molecule has 0 fully saturated rings. The summed E-state index contributed by atoms with van der Waals surface area (Å²) < 4.78 is 9.32. The zero-order chi connectivity index (χ0) is 49.3. The van der Waals surface area contributed by atoms with Crippen LogP contribution in [0.2, 0.25) is 0 Å². The van der Waals surface area contributed by atoms with Gasteiger partial charge < -0.3 is 9.32 Å². The molecule has 12 aromatic carbocycles. The van der Waals surface area contributed by atoms with E-state index in [1.54, 1.807) is 0 Å². The second-order valence-corrected chi connectivity index (χ2v) is 20.2. The van der Waals surface area contributed by atoms with Crippen LogP contribution in [0.3, 0.4) is 0 Å². The van der Waals surface area contributed by atoms with Gasteiger partial charge in [0.05, 0.1) is 0 Å². The molecule has 0 atom stereocenters. The molecule has 74 heavy (non-hydrogen) atoms. The SMILES string of the molecule is C=Cc1oc2c(-c3cccc(-c4cccc(N(c5cccc(-c6cccc(-c7c8ccccc8cc8sc9c%10ccccc%10ccc9c78)c6)c5)c5ccc6ccccc6c5)c4)c3)cc3ccccc3c2c1/C=C\C. The maximum atomic E-state index is 6.67. The summed E-state index contributed by atoms with van der Waals surface area (Å²) >= 11 is 1.91. The van der Waals surface area contributed by atoms with E-state index in [0.717, 1.165) is 78.1 Å². The lowest BCUT2D eigenvalue weighted by Crippen LogP contribution is -2.10. The Hall–Kier alpha value is -9.28. The van der Waals surface area contributed by atoms with E-state index in [0.29, 0.717) is 0 Å². The van der Waals surface area contributed by atoms with Gasteiger partial charge in [0.2, 0.25) is 0 Å². The van der Waals surface area contributed by atoms with Gasteiger partial charge in [-0.15, -0.1) is 11.3 Å². The minimum Gasteiger partial charge on any atom is -0.455 e. The maximum absolute atomic E-state index is 6.67. The van der Waals surface area contributed by atoms with Gasteiger partial charge in [-0.3, -0.25) is 0 Å². The molecule has 0 amide bonds. The summed E-state index contributed by atoms with van der Waals surface area (Å²) in [5.74, 6) is 0.775. The van der Waals surface area contributed by atoms with Crippen LogP contribution in [0.25, 0.3) is 131 Å². The summed E-state index contributed by atoms with van der Waals surface area (Å²) in [6.07, 6.45) is 6.02. The number of furan rings is 1. The summed E-state index contributed by atoms with van der Waals surface area (Å²) in [7, 11) is 0. The van der Waals surface area contributed by atoms with Crippen molar-refractivity contribution in [1.82, 2.24) is 0 Å². The van der Waals surface area contributed by atoms with Gasteiger partial charge in [0, 0.05) is 53.7 Å². The fourth-order valence-electron chi connectivity index (χ4n) is 11.5. The van der Waals surface area contributed by atoms with Gasteiger partial charge in [0.15, 0.2) is 0 Å². The largest absolute Gasteiger partial charge is 0.455 e. The van der Waals surface area contributed by atoms with Crippen molar-refractivity contribution in [2.45, 2.75) is 6.92 Å². The first kappa shape index (κ1) is 43.5. The van der Waals surface area contributed by atoms with Gasteiger partial charge in [-0.2, -0.15) is 0 Å². The molecule has 0 spiro atoms. The van der Waals surface area contributed by atoms with Crippen molar-refractivity contribution in [1.29, 1.82) is 0 Å². The smallest absolute Gasteiger partial charge is 0.143 e. The fraction of sp³-hybridized carbons (Fsp3) is 0.0141. The average molecular weight is 962 g/mol. The molecule has 0 bridgehead atoms. The number of thiophene rings is 1. The van der Waals surface area contributed by atoms with Crippen LogP contribution in [0.15, 0.2) is 254 Å². The van der Waals surface area contributed by atoms with Gasteiger partial charge in [0.1, 0.15) is 11.3 Å². The third-order valence-corrected chi connectivity index (χ3v) is 16.0. The molecule has 0 aliphatic carbocycles. The number of benzene rings is 12. The van der Waals surface area contributed by atoms with E-state index in [2.05, 4.69) is 260 Å². The van der Waals surface area contributed by atoms with Crippen molar-refractivity contribution >= 4 is 115 Å². The Labute approximate surface area is 433 Å². The third-order valence-electron chi connectivity index (χ3n) is 14.8. The van der Waals surface area contributed by atoms with Gasteiger partial charge >= 0.3 is 0 Å². The molecule has 2 heterocycles. The zero-order valence-corrected chi connectivity index (χ0v) is 41.5. The summed E-state index contributed by atoms with van der Waals surface area (Å²) in [6.45, 7) is 6.17. The van der Waals surface area contributed by atoms with E-state index >= 15 is 0 Å². The molecule has 0 N–H and O–H groups in total. The lowest BCUT2D eigenvalue weighted by Gasteiger charge is -2.27. The molecule has 14 rings (SSSR count). The van der Waals surface area contributed by atoms with Crippen LogP contribution < -0.4 is 4.90 Å². The van der Waals surface area contributed by atoms with Crippen LogP contribution in [-0.2, 0) is 0 Å². The van der Waals surface area contributed by atoms with Crippen LogP contribution in [0.5, 0.6) is 0 Å². The highest BCUT2D eigenvalue weighted by Crippen LogP contribution is 2.48. The molecule has 3 heteroatoms. The molecule has 14 aromatic rings. The molecule has 0 saturated heterocycles. The van der Waals surface area contributed by atoms with Crippen LogP contribution in [0.4, 0.5) is 17.1 Å². The van der Waals surface area contributed by atoms with E-state index in [1.807, 2.05) is 24.3 Å². The summed E-state index contributed by atoms with van der Waals surface area (Å²) in [5.41, 5.74) is 14.3. The minimum atomic E-state index is 0.775. The average Bonchev–Trinajstić information content (AvgIpc) is 4.04. The topological polar surface area (TPSA) is 16.4 Å². The number of hydrogen-bond donors (Lipinski definition) is 0. The van der Waals surface area contributed by atoms with Gasteiger partial charge in [-0.05, 0) is 156 Å². The van der Waals surface area contributed by atoms with E-state index in [-0.39, 0.29) is 0 Å². The van der Waals surface area contributed by atoms with Crippen molar-refractivity contribution < 1.29 is 4.42 Å². The van der Waals surface area contributed by atoms with E-state index in [9.17, 15) is 0 Å². The molecule has 0 saturated carbocycles. The Balaban J connectivity index is 0.897. The number of fused-ring (bicyclic) bond motifs is 10. The monoisotopic (exact) mass is 961 g/mol. The molecule has 2 aromatic heterocycles. The zero-order valence-electron chi connectivity index (χ0n) is 40.7. The Morgan fingerprint density at radius 2 is 0.973 bits per heavy atom. The van der Waals surface area contributed by atoms with Crippen LogP contribution in [0.1, 0.15) is 18.2 Å². The summed E-state index contributed by atoms with van der Waals surface area (Å²) in [5, 5.41) is 13.6. The molecule has 0 unspecified atom stereocenters. The molecule has 0 radical (unpaired) electrons. The summed E-state index contributed by atoms with van der Waals surface area (Å²) in [4.78, 5) is 2.40. The molecule has 348 valence electrons. The Bertz CT molecular complexity index is 4600. The quantitative estimate of drug-likeness (QED) is 0.143. The first-order valence-corrected chi connectivity index (χ1v) is 26.1. The van der Waals surface area contributed by atoms with Gasteiger partial charge in [-0.1, -0.05) is 195 Å². The number of nitrogens with zero attached hydrogens (tertiary/aromatic N) is 1. The third kappa shape index (κ3) is 7.24. The number of hydrogen-bond acceptors (Lipinski definition) is 3. The predicted octanol–water partition coefficient (Wildman–Crippen LogP) is 21.2. The van der Waals surface area contributed by atoms with Crippen molar-refractivity contribution in [3.05, 3.63) is 261 Å². The molecule has 0 aliphatic rings. The van der Waals surface area contributed by atoms with Gasteiger partial charge in [0.25, 0.3) is 0 Å². The number of anilines is 3. The minimum absolute atomic E-state index is 0.775. The molecular formula is C71H47NOS. The van der Waals surface area contributed by atoms with Crippen LogP contribution in [-0.4, -0.2) is 0 Å². The maximum Gasteiger partial charge on any atom is 0.143 e. The highest BCUT2D eigenvalue weighted by atomic mass is 32.1. The second-order valence-electron chi connectivity index (χ2n) is 19.2.